The molecule has 7 heteroatoms. The molecule has 0 saturated heterocycles. The minimum Gasteiger partial charge on any atom is -0.742 e. The maximum Gasteiger partial charge on any atom is 3.00 e. The average molecular weight is 361 g/mol. The van der Waals surface area contributed by atoms with Crippen LogP contribution in [-0.4, -0.2) is 11.1 Å². The van der Waals surface area contributed by atoms with Gasteiger partial charge >= 0.3 is 81.5 Å². The van der Waals surface area contributed by atoms with Crippen LogP contribution in [0.25, 0.3) is 0 Å². The summed E-state index contributed by atoms with van der Waals surface area (Å²) in [6.45, 7) is 0. The molecule has 0 aliphatic heterocycles. The molecule has 0 aromatic rings. The predicted octanol–water partition coefficient (Wildman–Crippen LogP) is -7.79. The van der Waals surface area contributed by atoms with E-state index in [1.54, 1.807) is 0 Å². The SMILES string of the molecule is O=C([O-])CC(=O)[S-].[Au+3].[Na+].[Na+]. The maximum absolute atomic E-state index is 9.65. The minimum absolute atomic E-state index is 0. The second kappa shape index (κ2) is 13.7. The average Bonchev–Trinajstić information content (AvgIpc) is 1.27. The van der Waals surface area contributed by atoms with Crippen molar-refractivity contribution in [2.24, 2.45) is 0 Å². The second-order valence-electron chi connectivity index (χ2n) is 0.921. The summed E-state index contributed by atoms with van der Waals surface area (Å²) in [6, 6.07) is 0. The van der Waals surface area contributed by atoms with Crippen LogP contribution in [0.1, 0.15) is 6.42 Å². The molecule has 0 spiro atoms. The number of hydrogen-bond acceptors (Lipinski definition) is 4. The standard InChI is InChI=1S/C3H4O3S.Au.2Na/c4-2(5)1-3(6)7;;;/h1H2,(H,4,5)(H,6,7);;;/q;+3;2*+1/p-2. The van der Waals surface area contributed by atoms with E-state index < -0.39 is 17.5 Å². The van der Waals surface area contributed by atoms with Gasteiger partial charge in [-0.15, -0.1) is 0 Å². The van der Waals surface area contributed by atoms with E-state index in [0.717, 1.165) is 0 Å². The van der Waals surface area contributed by atoms with Gasteiger partial charge in [-0.3, -0.25) is 0 Å². The largest absolute Gasteiger partial charge is 3.00 e. The number of carbonyl (C=O) groups is 2. The van der Waals surface area contributed by atoms with Gasteiger partial charge in [-0.2, -0.15) is 0 Å². The van der Waals surface area contributed by atoms with E-state index in [1.807, 2.05) is 0 Å². The van der Waals surface area contributed by atoms with Gasteiger partial charge in [0, 0.05) is 17.5 Å². The number of hydrogen-bond donors (Lipinski definition) is 0. The number of carboxylic acids is 1. The van der Waals surface area contributed by atoms with Crippen LogP contribution in [0.5, 0.6) is 0 Å². The molecule has 0 bridgehead atoms. The smallest absolute Gasteiger partial charge is 0.742 e. The van der Waals surface area contributed by atoms with Gasteiger partial charge in [0.1, 0.15) is 0 Å². The predicted molar refractivity (Wildman–Crippen MR) is 22.0 cm³/mol. The van der Waals surface area contributed by atoms with Crippen LogP contribution in [0.15, 0.2) is 0 Å². The molecule has 0 radical (unpaired) electrons. The van der Waals surface area contributed by atoms with Crippen molar-refractivity contribution in [1.82, 2.24) is 0 Å². The van der Waals surface area contributed by atoms with E-state index in [2.05, 4.69) is 12.6 Å². The normalized spacial score (nSPS) is 5.60. The fourth-order valence-electron chi connectivity index (χ4n) is 0.118. The Labute approximate surface area is 124 Å². The summed E-state index contributed by atoms with van der Waals surface area (Å²) in [7, 11) is 0. The number of carboxylic acid groups (broad SMARTS) is 1. The Morgan fingerprint density at radius 1 is 1.30 bits per heavy atom. The molecule has 0 unspecified atom stereocenters. The zero-order valence-electron chi connectivity index (χ0n) is 5.64. The minimum atomic E-state index is -1.42. The Morgan fingerprint density at radius 2 is 1.60 bits per heavy atom. The summed E-state index contributed by atoms with van der Waals surface area (Å²) < 4.78 is 0. The van der Waals surface area contributed by atoms with Crippen molar-refractivity contribution in [3.63, 3.8) is 0 Å². The quantitative estimate of drug-likeness (QED) is 0.279. The van der Waals surface area contributed by atoms with Gasteiger partial charge in [-0.1, -0.05) is 0 Å². The van der Waals surface area contributed by atoms with Crippen molar-refractivity contribution in [2.75, 3.05) is 0 Å². The Morgan fingerprint density at radius 3 is 1.60 bits per heavy atom. The van der Waals surface area contributed by atoms with Gasteiger partial charge in [-0.05, 0) is 0 Å². The molecule has 0 aromatic heterocycles. The molecule has 0 aliphatic carbocycles. The molecule has 0 atom stereocenters. The first-order valence-corrected chi connectivity index (χ1v) is 1.93. The van der Waals surface area contributed by atoms with Gasteiger partial charge in [0.05, 0.1) is 0 Å². The summed E-state index contributed by atoms with van der Waals surface area (Å²) in [6.07, 6.45) is -0.657. The zero-order chi connectivity index (χ0) is 5.86. The first kappa shape index (κ1) is 22.7. The van der Waals surface area contributed by atoms with E-state index in [-0.39, 0.29) is 81.5 Å². The van der Waals surface area contributed by atoms with E-state index in [4.69, 9.17) is 0 Å². The van der Waals surface area contributed by atoms with Crippen molar-refractivity contribution in [3.8, 4) is 0 Å². The van der Waals surface area contributed by atoms with Crippen molar-refractivity contribution in [1.29, 1.82) is 0 Å². The van der Waals surface area contributed by atoms with Crippen LogP contribution < -0.4 is 64.2 Å². The first-order valence-electron chi connectivity index (χ1n) is 1.52. The molecule has 0 saturated carbocycles. The molecule has 48 valence electrons. The second-order valence-corrected chi connectivity index (χ2v) is 1.38. The van der Waals surface area contributed by atoms with Crippen LogP contribution in [0.4, 0.5) is 0 Å². The topological polar surface area (TPSA) is 57.2 Å². The monoisotopic (exact) mass is 361 g/mol. The summed E-state index contributed by atoms with van der Waals surface area (Å²) >= 11 is 3.90. The van der Waals surface area contributed by atoms with Crippen molar-refractivity contribution in [3.05, 3.63) is 0 Å². The number of rotatable bonds is 2. The Balaban J connectivity index is -0.0000000600. The fourth-order valence-corrected chi connectivity index (χ4v) is 0.236. The van der Waals surface area contributed by atoms with Crippen molar-refractivity contribution < 1.29 is 96.2 Å². The molecular formula is C3H2AuNa2O3S+3. The Hall–Kier alpha value is 2.10. The first-order chi connectivity index (χ1) is 3.13. The van der Waals surface area contributed by atoms with Gasteiger partial charge < -0.3 is 27.3 Å². The van der Waals surface area contributed by atoms with Crippen molar-refractivity contribution in [2.45, 2.75) is 6.42 Å². The third kappa shape index (κ3) is 22.5. The molecule has 0 heterocycles. The van der Waals surface area contributed by atoms with Gasteiger partial charge in [-0.25, -0.2) is 0 Å². The third-order valence-corrected chi connectivity index (χ3v) is 0.433. The molecule has 0 aliphatic rings. The van der Waals surface area contributed by atoms with E-state index in [9.17, 15) is 14.7 Å². The Bertz CT molecular complexity index is 97.9. The molecule has 0 aromatic carbocycles. The zero-order valence-corrected chi connectivity index (χ0v) is 12.6. The van der Waals surface area contributed by atoms with Crippen LogP contribution >= 0.6 is 0 Å². The molecule has 0 N–H and O–H groups in total. The van der Waals surface area contributed by atoms with E-state index in [0.29, 0.717) is 0 Å². The molecule has 0 amide bonds. The number of aliphatic carboxylic acids is 1. The molecule has 0 rings (SSSR count). The van der Waals surface area contributed by atoms with E-state index in [1.165, 1.54) is 0 Å². The van der Waals surface area contributed by atoms with Crippen LogP contribution in [0, 0.1) is 0 Å². The fraction of sp³-hybridized carbons (Fsp3) is 0.333. The van der Waals surface area contributed by atoms with Crippen LogP contribution in [0.2, 0.25) is 0 Å². The van der Waals surface area contributed by atoms with Gasteiger partial charge in [0.15, 0.2) is 0 Å². The van der Waals surface area contributed by atoms with Crippen LogP contribution in [0.3, 0.4) is 0 Å². The van der Waals surface area contributed by atoms with Crippen LogP contribution in [-0.2, 0) is 44.6 Å². The molecular weight excluding hydrogens is 359 g/mol. The Kier molecular flexibility index (Phi) is 31.1. The molecule has 3 nitrogen and oxygen atoms in total. The summed E-state index contributed by atoms with van der Waals surface area (Å²) in [4.78, 5) is 19.1. The summed E-state index contributed by atoms with van der Waals surface area (Å²) in [5, 5.41) is 8.62. The summed E-state index contributed by atoms with van der Waals surface area (Å²) in [5.41, 5.74) is 0. The maximum atomic E-state index is 9.65. The van der Waals surface area contributed by atoms with Crippen molar-refractivity contribution >= 4 is 23.7 Å². The molecule has 10 heavy (non-hydrogen) atoms. The summed E-state index contributed by atoms with van der Waals surface area (Å²) in [5.74, 6) is -1.42. The van der Waals surface area contributed by atoms with E-state index >= 15 is 0 Å². The third-order valence-electron chi connectivity index (χ3n) is 0.289. The molecule has 0 fully saturated rings. The van der Waals surface area contributed by atoms with Gasteiger partial charge in [0.25, 0.3) is 0 Å². The number of carbonyl (C=O) groups excluding carboxylic acids is 2. The van der Waals surface area contributed by atoms with Gasteiger partial charge in [0.2, 0.25) is 0 Å².